The molecule has 0 bridgehead atoms. The van der Waals surface area contributed by atoms with Gasteiger partial charge in [0.15, 0.2) is 0 Å². The summed E-state index contributed by atoms with van der Waals surface area (Å²) >= 11 is 0. The second-order valence-electron chi connectivity index (χ2n) is 15.4. The first-order chi connectivity index (χ1) is 29.2. The molecule has 7 aromatic carbocycles. The standard InChI is InChI=1S/C55H34N4/c1-3-14-47-45(12-1)46-13-2-4-15-48(46)55(47,44-11-5-8-42(34-44)50-31-27-41-23-21-39-10-7-33-57-52(39)54(41)59-50)43-28-24-36(25-29-43)35-16-18-37(19-17-35)49-30-26-40-22-20-38-9-6-32-56-51(38)53(40)58-49/h1-34H. The van der Waals surface area contributed by atoms with Crippen LogP contribution in [0.2, 0.25) is 0 Å². The van der Waals surface area contributed by atoms with Gasteiger partial charge >= 0.3 is 0 Å². The van der Waals surface area contributed by atoms with Crippen LogP contribution in [-0.2, 0) is 5.41 Å². The molecular weight excluding hydrogens is 717 g/mol. The largest absolute Gasteiger partial charge is 0.254 e. The molecule has 274 valence electrons. The van der Waals surface area contributed by atoms with Gasteiger partial charge in [-0.05, 0) is 74.8 Å². The van der Waals surface area contributed by atoms with Crippen LogP contribution in [-0.4, -0.2) is 19.9 Å². The molecular formula is C55H34N4. The summed E-state index contributed by atoms with van der Waals surface area (Å²) < 4.78 is 0. The van der Waals surface area contributed by atoms with Crippen LogP contribution in [0.25, 0.3) is 88.4 Å². The minimum atomic E-state index is -0.544. The van der Waals surface area contributed by atoms with Crippen LogP contribution < -0.4 is 0 Å². The molecule has 0 atom stereocenters. The summed E-state index contributed by atoms with van der Waals surface area (Å²) in [6.45, 7) is 0. The third-order valence-corrected chi connectivity index (χ3v) is 12.2. The Bertz CT molecular complexity index is 3400. The van der Waals surface area contributed by atoms with Crippen LogP contribution in [0.1, 0.15) is 22.3 Å². The van der Waals surface area contributed by atoms with E-state index in [2.05, 4.69) is 187 Å². The third-order valence-electron chi connectivity index (χ3n) is 12.2. The van der Waals surface area contributed by atoms with Gasteiger partial charge in [0, 0.05) is 45.1 Å². The number of benzene rings is 7. The summed E-state index contributed by atoms with van der Waals surface area (Å²) in [7, 11) is 0. The average molecular weight is 751 g/mol. The Hall–Kier alpha value is -7.82. The van der Waals surface area contributed by atoms with Gasteiger partial charge in [0.05, 0.1) is 38.9 Å². The fraction of sp³-hybridized carbons (Fsp3) is 0.0182. The first kappa shape index (κ1) is 33.3. The van der Waals surface area contributed by atoms with Crippen molar-refractivity contribution in [3.05, 3.63) is 229 Å². The summed E-state index contributed by atoms with van der Waals surface area (Å²) in [5, 5.41) is 4.35. The molecule has 0 saturated heterocycles. The van der Waals surface area contributed by atoms with E-state index in [4.69, 9.17) is 15.0 Å². The molecule has 0 aliphatic heterocycles. The summed E-state index contributed by atoms with van der Waals surface area (Å²) in [5.41, 5.74) is 17.0. The molecule has 0 amide bonds. The molecule has 0 fully saturated rings. The first-order valence-electron chi connectivity index (χ1n) is 20.0. The quantitative estimate of drug-likeness (QED) is 0.164. The van der Waals surface area contributed by atoms with E-state index in [-0.39, 0.29) is 0 Å². The minimum absolute atomic E-state index is 0.544. The molecule has 4 nitrogen and oxygen atoms in total. The van der Waals surface area contributed by atoms with Crippen molar-refractivity contribution in [1.82, 2.24) is 19.9 Å². The Morgan fingerprint density at radius 3 is 1.36 bits per heavy atom. The van der Waals surface area contributed by atoms with Crippen molar-refractivity contribution in [3.8, 4) is 44.8 Å². The molecule has 0 spiro atoms. The SMILES string of the molecule is c1cc(-c2ccc3ccc4cccnc4c3n2)cc(C2(c3ccc(-c4ccc(-c5ccc6ccc7cccnc7c6n5)cc4)cc3)c3ccccc3-c3ccccc32)c1. The van der Waals surface area contributed by atoms with E-state index in [0.29, 0.717) is 0 Å². The van der Waals surface area contributed by atoms with Crippen LogP contribution in [0.5, 0.6) is 0 Å². The van der Waals surface area contributed by atoms with E-state index < -0.39 is 5.41 Å². The zero-order valence-corrected chi connectivity index (χ0v) is 31.9. The molecule has 11 aromatic rings. The normalized spacial score (nSPS) is 12.9. The minimum Gasteiger partial charge on any atom is -0.254 e. The maximum atomic E-state index is 5.25. The van der Waals surface area contributed by atoms with Crippen LogP contribution in [0.3, 0.4) is 0 Å². The van der Waals surface area contributed by atoms with Gasteiger partial charge < -0.3 is 0 Å². The van der Waals surface area contributed by atoms with E-state index in [1.165, 1.54) is 33.4 Å². The lowest BCUT2D eigenvalue weighted by Gasteiger charge is -2.34. The monoisotopic (exact) mass is 750 g/mol. The molecule has 0 radical (unpaired) electrons. The maximum absolute atomic E-state index is 5.25. The number of hydrogen-bond donors (Lipinski definition) is 0. The lowest BCUT2D eigenvalue weighted by molar-refractivity contribution is 0.769. The lowest BCUT2D eigenvalue weighted by atomic mass is 9.67. The zero-order valence-electron chi connectivity index (χ0n) is 31.9. The Labute approximate surface area is 341 Å². The number of rotatable bonds is 5. The van der Waals surface area contributed by atoms with E-state index in [1.807, 2.05) is 24.5 Å². The van der Waals surface area contributed by atoms with Crippen molar-refractivity contribution >= 4 is 43.6 Å². The molecule has 1 aliphatic rings. The van der Waals surface area contributed by atoms with Crippen LogP contribution in [0, 0.1) is 0 Å². The fourth-order valence-electron chi connectivity index (χ4n) is 9.45. The first-order valence-corrected chi connectivity index (χ1v) is 20.0. The highest BCUT2D eigenvalue weighted by Gasteiger charge is 2.46. The Kier molecular flexibility index (Phi) is 7.41. The molecule has 4 heterocycles. The summed E-state index contributed by atoms with van der Waals surface area (Å²) in [5.74, 6) is 0. The summed E-state index contributed by atoms with van der Waals surface area (Å²) in [4.78, 5) is 19.7. The van der Waals surface area contributed by atoms with Gasteiger partial charge in [-0.2, -0.15) is 0 Å². The highest BCUT2D eigenvalue weighted by Crippen LogP contribution is 2.56. The van der Waals surface area contributed by atoms with Gasteiger partial charge in [0.2, 0.25) is 0 Å². The Balaban J connectivity index is 0.962. The average Bonchev–Trinajstić information content (AvgIpc) is 3.62. The smallest absolute Gasteiger partial charge is 0.0972 e. The summed E-state index contributed by atoms with van der Waals surface area (Å²) in [6.07, 6.45) is 3.68. The molecule has 1 aliphatic carbocycles. The van der Waals surface area contributed by atoms with E-state index in [1.54, 1.807) is 0 Å². The summed E-state index contributed by atoms with van der Waals surface area (Å²) in [6, 6.07) is 69.9. The van der Waals surface area contributed by atoms with Crippen LogP contribution >= 0.6 is 0 Å². The van der Waals surface area contributed by atoms with E-state index in [9.17, 15) is 0 Å². The molecule has 0 saturated carbocycles. The highest BCUT2D eigenvalue weighted by atomic mass is 14.8. The molecule has 59 heavy (non-hydrogen) atoms. The topological polar surface area (TPSA) is 51.6 Å². The Morgan fingerprint density at radius 2 is 0.780 bits per heavy atom. The van der Waals surface area contributed by atoms with Crippen molar-refractivity contribution in [1.29, 1.82) is 0 Å². The molecule has 4 aromatic heterocycles. The Morgan fingerprint density at radius 1 is 0.305 bits per heavy atom. The van der Waals surface area contributed by atoms with Crippen molar-refractivity contribution in [2.45, 2.75) is 5.41 Å². The van der Waals surface area contributed by atoms with Gasteiger partial charge in [-0.15, -0.1) is 0 Å². The van der Waals surface area contributed by atoms with Gasteiger partial charge in [0.25, 0.3) is 0 Å². The van der Waals surface area contributed by atoms with Crippen LogP contribution in [0.4, 0.5) is 0 Å². The van der Waals surface area contributed by atoms with Crippen molar-refractivity contribution < 1.29 is 0 Å². The zero-order chi connectivity index (χ0) is 38.9. The predicted octanol–water partition coefficient (Wildman–Crippen LogP) is 13.2. The predicted molar refractivity (Wildman–Crippen MR) is 241 cm³/mol. The van der Waals surface area contributed by atoms with Crippen molar-refractivity contribution in [2.24, 2.45) is 0 Å². The van der Waals surface area contributed by atoms with Gasteiger partial charge in [-0.25, -0.2) is 9.97 Å². The molecule has 12 rings (SSSR count). The van der Waals surface area contributed by atoms with E-state index >= 15 is 0 Å². The van der Waals surface area contributed by atoms with Gasteiger partial charge in [-0.3, -0.25) is 9.97 Å². The fourth-order valence-corrected chi connectivity index (χ4v) is 9.45. The van der Waals surface area contributed by atoms with Gasteiger partial charge in [0.1, 0.15) is 0 Å². The highest BCUT2D eigenvalue weighted by molar-refractivity contribution is 6.04. The van der Waals surface area contributed by atoms with Crippen molar-refractivity contribution in [3.63, 3.8) is 0 Å². The lowest BCUT2D eigenvalue weighted by Crippen LogP contribution is -2.28. The number of aromatic nitrogens is 4. The van der Waals surface area contributed by atoms with E-state index in [0.717, 1.165) is 77.3 Å². The second kappa shape index (κ2) is 13.1. The third kappa shape index (κ3) is 5.16. The van der Waals surface area contributed by atoms with Gasteiger partial charge in [-0.1, -0.05) is 164 Å². The molecule has 0 unspecified atom stereocenters. The number of fused-ring (bicyclic) bond motifs is 9. The van der Waals surface area contributed by atoms with Crippen LogP contribution in [0.15, 0.2) is 207 Å². The second-order valence-corrected chi connectivity index (χ2v) is 15.4. The number of pyridine rings is 4. The number of nitrogens with zero attached hydrogens (tertiary/aromatic N) is 4. The number of hydrogen-bond acceptors (Lipinski definition) is 4. The van der Waals surface area contributed by atoms with Crippen molar-refractivity contribution in [2.75, 3.05) is 0 Å². The molecule has 4 heteroatoms. The maximum Gasteiger partial charge on any atom is 0.0972 e. The molecule has 0 N–H and O–H groups in total.